The van der Waals surface area contributed by atoms with Gasteiger partial charge in [0.25, 0.3) is 0 Å². The molecule has 126 valence electrons. The summed E-state index contributed by atoms with van der Waals surface area (Å²) in [5, 5.41) is 0. The van der Waals surface area contributed by atoms with Crippen LogP contribution in [0.5, 0.6) is 5.88 Å². The lowest BCUT2D eigenvalue weighted by molar-refractivity contribution is -0.130. The molecule has 2 saturated heterocycles. The Morgan fingerprint density at radius 3 is 3.12 bits per heavy atom. The van der Waals surface area contributed by atoms with Gasteiger partial charge < -0.3 is 18.8 Å². The van der Waals surface area contributed by atoms with Crippen molar-refractivity contribution in [3.05, 3.63) is 48.6 Å². The lowest BCUT2D eigenvalue weighted by atomic mass is 9.82. The molecule has 0 aliphatic carbocycles. The van der Waals surface area contributed by atoms with Crippen LogP contribution in [0.15, 0.2) is 47.2 Å². The molecule has 0 spiro atoms. The summed E-state index contributed by atoms with van der Waals surface area (Å²) in [6.45, 7) is 3.18. The largest absolute Gasteiger partial charge is 0.477 e. The molecule has 4 rings (SSSR count). The third-order valence-electron chi connectivity index (χ3n) is 4.92. The summed E-state index contributed by atoms with van der Waals surface area (Å²) in [7, 11) is 0. The predicted molar refractivity (Wildman–Crippen MR) is 85.5 cm³/mol. The summed E-state index contributed by atoms with van der Waals surface area (Å²) < 4.78 is 16.8. The van der Waals surface area contributed by atoms with E-state index in [0.29, 0.717) is 56.9 Å². The molecular weight excluding hydrogens is 308 g/mol. The molecule has 2 atom stereocenters. The first kappa shape index (κ1) is 15.2. The van der Waals surface area contributed by atoms with Crippen molar-refractivity contribution >= 4 is 5.91 Å². The fraction of sp³-hybridized carbons (Fsp3) is 0.444. The first-order valence-electron chi connectivity index (χ1n) is 8.17. The highest BCUT2D eigenvalue weighted by atomic mass is 16.5. The number of fused-ring (bicyclic) bond motifs is 1. The van der Waals surface area contributed by atoms with Crippen LogP contribution < -0.4 is 4.74 Å². The molecule has 0 aromatic carbocycles. The standard InChI is InChI=1S/C18H20N2O4/c21-17(8-15-4-3-7-23-15)20-9-14-10-22-12-18(14,11-20)13-24-16-5-1-2-6-19-16/h1-7,14H,8-13H2/t14-,18+/m0/s1. The van der Waals surface area contributed by atoms with Gasteiger partial charge in [-0.25, -0.2) is 4.98 Å². The second-order valence-electron chi connectivity index (χ2n) is 6.56. The minimum atomic E-state index is -0.143. The normalized spacial score (nSPS) is 25.7. The Morgan fingerprint density at radius 2 is 2.33 bits per heavy atom. The average Bonchev–Trinajstić information content (AvgIpc) is 3.29. The second-order valence-corrected chi connectivity index (χ2v) is 6.56. The smallest absolute Gasteiger partial charge is 0.230 e. The van der Waals surface area contributed by atoms with Gasteiger partial charge in [-0.1, -0.05) is 6.07 Å². The zero-order chi connectivity index (χ0) is 16.4. The molecule has 6 heteroatoms. The Labute approximate surface area is 140 Å². The molecule has 0 N–H and O–H groups in total. The quantitative estimate of drug-likeness (QED) is 0.837. The maximum Gasteiger partial charge on any atom is 0.230 e. The van der Waals surface area contributed by atoms with Gasteiger partial charge in [0.05, 0.1) is 37.9 Å². The molecule has 0 unspecified atom stereocenters. The van der Waals surface area contributed by atoms with Crippen molar-refractivity contribution < 1.29 is 18.7 Å². The van der Waals surface area contributed by atoms with E-state index in [1.165, 1.54) is 0 Å². The molecule has 1 amide bonds. The van der Waals surface area contributed by atoms with E-state index in [9.17, 15) is 4.79 Å². The van der Waals surface area contributed by atoms with Gasteiger partial charge in [-0.05, 0) is 18.2 Å². The topological polar surface area (TPSA) is 64.8 Å². The third-order valence-corrected chi connectivity index (χ3v) is 4.92. The number of hydrogen-bond donors (Lipinski definition) is 0. The number of likely N-dealkylation sites (tertiary alicyclic amines) is 1. The first-order valence-corrected chi connectivity index (χ1v) is 8.17. The summed E-state index contributed by atoms with van der Waals surface area (Å²) in [5.74, 6) is 1.71. The van der Waals surface area contributed by atoms with E-state index in [2.05, 4.69) is 4.98 Å². The Kier molecular flexibility index (Phi) is 3.98. The second kappa shape index (κ2) is 6.28. The van der Waals surface area contributed by atoms with E-state index in [0.717, 1.165) is 0 Å². The maximum atomic E-state index is 12.5. The van der Waals surface area contributed by atoms with Crippen LogP contribution >= 0.6 is 0 Å². The van der Waals surface area contributed by atoms with Crippen LogP contribution in [0.4, 0.5) is 0 Å². The molecule has 2 aromatic heterocycles. The molecule has 2 aliphatic heterocycles. The van der Waals surface area contributed by atoms with Crippen molar-refractivity contribution in [3.63, 3.8) is 0 Å². The van der Waals surface area contributed by atoms with Crippen LogP contribution in [0.3, 0.4) is 0 Å². The zero-order valence-electron chi connectivity index (χ0n) is 13.4. The summed E-state index contributed by atoms with van der Waals surface area (Å²) in [6.07, 6.45) is 3.61. The Hall–Kier alpha value is -2.34. The summed E-state index contributed by atoms with van der Waals surface area (Å²) in [4.78, 5) is 18.6. The molecule has 0 radical (unpaired) electrons. The number of carbonyl (C=O) groups excluding carboxylic acids is 1. The highest BCUT2D eigenvalue weighted by molar-refractivity contribution is 5.78. The maximum absolute atomic E-state index is 12.5. The van der Waals surface area contributed by atoms with Crippen LogP contribution in [0.1, 0.15) is 5.76 Å². The van der Waals surface area contributed by atoms with Crippen LogP contribution in [0, 0.1) is 11.3 Å². The third kappa shape index (κ3) is 2.89. The minimum absolute atomic E-state index is 0.0940. The fourth-order valence-electron chi connectivity index (χ4n) is 3.55. The van der Waals surface area contributed by atoms with Gasteiger partial charge in [0.2, 0.25) is 11.8 Å². The summed E-state index contributed by atoms with van der Waals surface area (Å²) in [6, 6.07) is 9.24. The van der Waals surface area contributed by atoms with Crippen molar-refractivity contribution in [1.29, 1.82) is 0 Å². The number of amides is 1. The van der Waals surface area contributed by atoms with Crippen molar-refractivity contribution in [2.45, 2.75) is 6.42 Å². The number of ether oxygens (including phenoxy) is 2. The van der Waals surface area contributed by atoms with E-state index in [-0.39, 0.29) is 11.3 Å². The lowest BCUT2D eigenvalue weighted by Crippen LogP contribution is -2.38. The van der Waals surface area contributed by atoms with E-state index in [4.69, 9.17) is 13.9 Å². The molecule has 4 heterocycles. The average molecular weight is 328 g/mol. The number of nitrogens with zero attached hydrogens (tertiary/aromatic N) is 2. The van der Waals surface area contributed by atoms with Gasteiger partial charge in [-0.3, -0.25) is 4.79 Å². The SMILES string of the molecule is O=C(Cc1ccco1)N1C[C@H]2COC[C@@]2(COc2ccccn2)C1. The Bertz CT molecular complexity index is 688. The molecule has 2 fully saturated rings. The van der Waals surface area contributed by atoms with E-state index in [1.54, 1.807) is 18.5 Å². The molecule has 0 saturated carbocycles. The van der Waals surface area contributed by atoms with Gasteiger partial charge in [0, 0.05) is 31.3 Å². The van der Waals surface area contributed by atoms with Gasteiger partial charge in [-0.15, -0.1) is 0 Å². The van der Waals surface area contributed by atoms with Crippen molar-refractivity contribution in [2.75, 3.05) is 32.9 Å². The summed E-state index contributed by atoms with van der Waals surface area (Å²) >= 11 is 0. The van der Waals surface area contributed by atoms with Crippen LogP contribution in [-0.4, -0.2) is 48.7 Å². The Balaban J connectivity index is 1.42. The first-order chi connectivity index (χ1) is 11.8. The molecule has 6 nitrogen and oxygen atoms in total. The van der Waals surface area contributed by atoms with E-state index >= 15 is 0 Å². The number of hydrogen-bond acceptors (Lipinski definition) is 5. The molecule has 2 aliphatic rings. The van der Waals surface area contributed by atoms with Crippen LogP contribution in [0.25, 0.3) is 0 Å². The van der Waals surface area contributed by atoms with E-state index in [1.807, 2.05) is 29.2 Å². The zero-order valence-corrected chi connectivity index (χ0v) is 13.4. The van der Waals surface area contributed by atoms with Gasteiger partial charge in [0.1, 0.15) is 5.76 Å². The van der Waals surface area contributed by atoms with Crippen molar-refractivity contribution in [2.24, 2.45) is 11.3 Å². The van der Waals surface area contributed by atoms with Crippen LogP contribution in [0.2, 0.25) is 0 Å². The van der Waals surface area contributed by atoms with Gasteiger partial charge in [-0.2, -0.15) is 0 Å². The molecule has 0 bridgehead atoms. The monoisotopic (exact) mass is 328 g/mol. The fourth-order valence-corrected chi connectivity index (χ4v) is 3.55. The number of rotatable bonds is 5. The molecular formula is C18H20N2O4. The highest BCUT2D eigenvalue weighted by Gasteiger charge is 2.52. The van der Waals surface area contributed by atoms with Gasteiger partial charge >= 0.3 is 0 Å². The highest BCUT2D eigenvalue weighted by Crippen LogP contribution is 2.41. The molecule has 24 heavy (non-hydrogen) atoms. The van der Waals surface area contributed by atoms with Crippen molar-refractivity contribution in [3.8, 4) is 5.88 Å². The predicted octanol–water partition coefficient (Wildman–Crippen LogP) is 1.77. The summed E-state index contributed by atoms with van der Waals surface area (Å²) in [5.41, 5.74) is -0.143. The van der Waals surface area contributed by atoms with Crippen LogP contribution in [-0.2, 0) is 16.0 Å². The van der Waals surface area contributed by atoms with Gasteiger partial charge in [0.15, 0.2) is 0 Å². The van der Waals surface area contributed by atoms with E-state index < -0.39 is 0 Å². The minimum Gasteiger partial charge on any atom is -0.477 e. The van der Waals surface area contributed by atoms with Crippen molar-refractivity contribution in [1.82, 2.24) is 9.88 Å². The number of aromatic nitrogens is 1. The number of pyridine rings is 1. The Morgan fingerprint density at radius 1 is 1.38 bits per heavy atom. The number of carbonyl (C=O) groups is 1. The molecule has 2 aromatic rings. The lowest BCUT2D eigenvalue weighted by Gasteiger charge is -2.26. The number of furan rings is 1.